The first-order valence-corrected chi connectivity index (χ1v) is 5.23. The molecule has 3 N–H and O–H groups in total. The number of hydrogen-bond acceptors (Lipinski definition) is 2. The van der Waals surface area contributed by atoms with Gasteiger partial charge in [0.2, 0.25) is 5.91 Å². The van der Waals surface area contributed by atoms with Crippen molar-refractivity contribution in [2.24, 2.45) is 5.73 Å². The SMILES string of the molecule is NC(=O)C(Cl)C(=O)Nc1ccc(Br)cc1. The van der Waals surface area contributed by atoms with Crippen LogP contribution in [0.25, 0.3) is 0 Å². The van der Waals surface area contributed by atoms with Crippen LogP contribution in [-0.4, -0.2) is 17.2 Å². The fraction of sp³-hybridized carbons (Fsp3) is 0.111. The molecular formula is C9H8BrClN2O2. The van der Waals surface area contributed by atoms with E-state index in [9.17, 15) is 9.59 Å². The van der Waals surface area contributed by atoms with Crippen LogP contribution in [0.1, 0.15) is 0 Å². The Morgan fingerprint density at radius 3 is 2.33 bits per heavy atom. The molecule has 1 unspecified atom stereocenters. The van der Waals surface area contributed by atoms with Crippen LogP contribution in [-0.2, 0) is 9.59 Å². The molecule has 1 rings (SSSR count). The Morgan fingerprint density at radius 2 is 1.87 bits per heavy atom. The number of halogens is 2. The van der Waals surface area contributed by atoms with Gasteiger partial charge in [-0.2, -0.15) is 0 Å². The van der Waals surface area contributed by atoms with Crippen LogP contribution < -0.4 is 11.1 Å². The standard InChI is InChI=1S/C9H8BrClN2O2/c10-5-1-3-6(4-2-5)13-9(15)7(11)8(12)14/h1-4,7H,(H2,12,14)(H,13,15). The van der Waals surface area contributed by atoms with Crippen LogP contribution in [0.5, 0.6) is 0 Å². The van der Waals surface area contributed by atoms with Crippen LogP contribution in [0.4, 0.5) is 5.69 Å². The van der Waals surface area contributed by atoms with Gasteiger partial charge >= 0.3 is 0 Å². The van der Waals surface area contributed by atoms with Crippen molar-refractivity contribution in [3.63, 3.8) is 0 Å². The van der Waals surface area contributed by atoms with Gasteiger partial charge < -0.3 is 11.1 Å². The second-order valence-electron chi connectivity index (χ2n) is 2.76. The minimum absolute atomic E-state index is 0.551. The van der Waals surface area contributed by atoms with Gasteiger partial charge in [-0.1, -0.05) is 15.9 Å². The van der Waals surface area contributed by atoms with Gasteiger partial charge in [0.1, 0.15) is 0 Å². The molecule has 0 saturated carbocycles. The Hall–Kier alpha value is -1.07. The van der Waals surface area contributed by atoms with Gasteiger partial charge in [-0.25, -0.2) is 0 Å². The fourth-order valence-electron chi connectivity index (χ4n) is 0.868. The maximum atomic E-state index is 11.3. The predicted octanol–water partition coefficient (Wildman–Crippen LogP) is 1.48. The highest BCUT2D eigenvalue weighted by molar-refractivity contribution is 9.10. The molecular weight excluding hydrogens is 283 g/mol. The lowest BCUT2D eigenvalue weighted by Gasteiger charge is -2.07. The minimum Gasteiger partial charge on any atom is -0.368 e. The Bertz CT molecular complexity index is 380. The smallest absolute Gasteiger partial charge is 0.252 e. The Morgan fingerprint density at radius 1 is 1.33 bits per heavy atom. The summed E-state index contributed by atoms with van der Waals surface area (Å²) < 4.78 is 0.887. The lowest BCUT2D eigenvalue weighted by atomic mass is 10.3. The first-order chi connectivity index (χ1) is 7.00. The zero-order chi connectivity index (χ0) is 11.4. The highest BCUT2D eigenvalue weighted by Gasteiger charge is 2.20. The van der Waals surface area contributed by atoms with E-state index in [0.717, 1.165) is 4.47 Å². The number of rotatable bonds is 3. The van der Waals surface area contributed by atoms with Gasteiger partial charge in [-0.15, -0.1) is 11.6 Å². The third-order valence-electron chi connectivity index (χ3n) is 1.59. The second kappa shape index (κ2) is 5.14. The summed E-state index contributed by atoms with van der Waals surface area (Å²) in [6.07, 6.45) is 0. The molecule has 80 valence electrons. The van der Waals surface area contributed by atoms with Gasteiger partial charge in [0, 0.05) is 10.2 Å². The normalized spacial score (nSPS) is 11.9. The number of nitrogens with two attached hydrogens (primary N) is 1. The molecule has 1 aromatic rings. The van der Waals surface area contributed by atoms with Crippen molar-refractivity contribution in [3.8, 4) is 0 Å². The summed E-state index contributed by atoms with van der Waals surface area (Å²) in [6.45, 7) is 0. The minimum atomic E-state index is -1.35. The van der Waals surface area contributed by atoms with E-state index >= 15 is 0 Å². The van der Waals surface area contributed by atoms with Crippen molar-refractivity contribution in [1.29, 1.82) is 0 Å². The van der Waals surface area contributed by atoms with Crippen molar-refractivity contribution in [3.05, 3.63) is 28.7 Å². The average Bonchev–Trinajstić information content (AvgIpc) is 2.20. The molecule has 4 nitrogen and oxygen atoms in total. The van der Waals surface area contributed by atoms with Crippen LogP contribution in [0.3, 0.4) is 0 Å². The zero-order valence-electron chi connectivity index (χ0n) is 7.54. The third kappa shape index (κ3) is 3.53. The molecule has 15 heavy (non-hydrogen) atoms. The van der Waals surface area contributed by atoms with Crippen molar-refractivity contribution >= 4 is 45.0 Å². The Kier molecular flexibility index (Phi) is 4.11. The van der Waals surface area contributed by atoms with Crippen LogP contribution in [0, 0.1) is 0 Å². The van der Waals surface area contributed by atoms with Crippen LogP contribution >= 0.6 is 27.5 Å². The zero-order valence-corrected chi connectivity index (χ0v) is 9.88. The molecule has 0 heterocycles. The molecule has 0 saturated heterocycles. The summed E-state index contributed by atoms with van der Waals surface area (Å²) in [7, 11) is 0. The monoisotopic (exact) mass is 290 g/mol. The molecule has 0 aliphatic heterocycles. The highest BCUT2D eigenvalue weighted by atomic mass is 79.9. The lowest BCUT2D eigenvalue weighted by Crippen LogP contribution is -2.35. The molecule has 0 aliphatic carbocycles. The molecule has 0 bridgehead atoms. The third-order valence-corrected chi connectivity index (χ3v) is 2.53. The number of hydrogen-bond donors (Lipinski definition) is 2. The molecule has 0 aliphatic rings. The first-order valence-electron chi connectivity index (χ1n) is 4.00. The number of nitrogens with one attached hydrogen (secondary N) is 1. The van der Waals surface area contributed by atoms with E-state index in [1.54, 1.807) is 24.3 Å². The van der Waals surface area contributed by atoms with Crippen molar-refractivity contribution in [1.82, 2.24) is 0 Å². The topological polar surface area (TPSA) is 72.2 Å². The molecule has 1 atom stereocenters. The number of benzene rings is 1. The van der Waals surface area contributed by atoms with E-state index in [1.807, 2.05) is 0 Å². The molecule has 0 aromatic heterocycles. The van der Waals surface area contributed by atoms with Crippen molar-refractivity contribution < 1.29 is 9.59 Å². The maximum Gasteiger partial charge on any atom is 0.252 e. The lowest BCUT2D eigenvalue weighted by molar-refractivity contribution is -0.124. The quantitative estimate of drug-likeness (QED) is 0.654. The largest absolute Gasteiger partial charge is 0.368 e. The summed E-state index contributed by atoms with van der Waals surface area (Å²) in [6, 6.07) is 6.85. The number of alkyl halides is 1. The molecule has 6 heteroatoms. The van der Waals surface area contributed by atoms with Crippen LogP contribution in [0.15, 0.2) is 28.7 Å². The summed E-state index contributed by atoms with van der Waals surface area (Å²) >= 11 is 8.70. The Balaban J connectivity index is 2.66. The van der Waals surface area contributed by atoms with Gasteiger partial charge in [-0.05, 0) is 24.3 Å². The fourth-order valence-corrected chi connectivity index (χ4v) is 1.19. The van der Waals surface area contributed by atoms with E-state index in [-0.39, 0.29) is 0 Å². The van der Waals surface area contributed by atoms with Crippen molar-refractivity contribution in [2.45, 2.75) is 5.38 Å². The molecule has 2 amide bonds. The van der Waals surface area contributed by atoms with E-state index in [1.165, 1.54) is 0 Å². The predicted molar refractivity (Wildman–Crippen MR) is 61.6 cm³/mol. The molecule has 0 fully saturated rings. The van der Waals surface area contributed by atoms with E-state index in [4.69, 9.17) is 17.3 Å². The summed E-state index contributed by atoms with van der Waals surface area (Å²) in [5.41, 5.74) is 5.43. The number of anilines is 1. The van der Waals surface area contributed by atoms with E-state index in [0.29, 0.717) is 5.69 Å². The van der Waals surface area contributed by atoms with Gasteiger partial charge in [0.25, 0.3) is 5.91 Å². The molecule has 0 radical (unpaired) electrons. The van der Waals surface area contributed by atoms with Gasteiger partial charge in [0.15, 0.2) is 5.38 Å². The summed E-state index contributed by atoms with van der Waals surface area (Å²) in [5.74, 6) is -1.50. The summed E-state index contributed by atoms with van der Waals surface area (Å²) in [4.78, 5) is 21.9. The number of carbonyl (C=O) groups excluding carboxylic acids is 2. The van der Waals surface area contributed by atoms with Gasteiger partial charge in [-0.3, -0.25) is 9.59 Å². The van der Waals surface area contributed by atoms with E-state index in [2.05, 4.69) is 21.2 Å². The van der Waals surface area contributed by atoms with Crippen LogP contribution in [0.2, 0.25) is 0 Å². The molecule has 1 aromatic carbocycles. The van der Waals surface area contributed by atoms with Crippen molar-refractivity contribution in [2.75, 3.05) is 5.32 Å². The van der Waals surface area contributed by atoms with Gasteiger partial charge in [0.05, 0.1) is 0 Å². The highest BCUT2D eigenvalue weighted by Crippen LogP contribution is 2.14. The Labute approximate surface area is 99.9 Å². The first kappa shape index (κ1) is 12.0. The number of amides is 2. The summed E-state index contributed by atoms with van der Waals surface area (Å²) in [5, 5.41) is 1.10. The number of primary amides is 1. The number of carbonyl (C=O) groups is 2. The molecule has 0 spiro atoms. The average molecular weight is 292 g/mol. The van der Waals surface area contributed by atoms with E-state index < -0.39 is 17.2 Å². The maximum absolute atomic E-state index is 11.3. The second-order valence-corrected chi connectivity index (χ2v) is 4.11.